The van der Waals surface area contributed by atoms with Crippen LogP contribution in [0.1, 0.15) is 15.9 Å². The molecule has 0 spiro atoms. The van der Waals surface area contributed by atoms with Gasteiger partial charge in [0.25, 0.3) is 0 Å². The summed E-state index contributed by atoms with van der Waals surface area (Å²) >= 11 is 0. The average molecular weight is 232 g/mol. The third kappa shape index (κ3) is 1.99. The number of carboxylic acids is 1. The van der Waals surface area contributed by atoms with Crippen LogP contribution >= 0.6 is 0 Å². The lowest BCUT2D eigenvalue weighted by molar-refractivity contribution is 0.0698. The third-order valence-corrected chi connectivity index (χ3v) is 2.57. The van der Waals surface area contributed by atoms with Crippen molar-refractivity contribution in [2.75, 3.05) is 7.11 Å². The Bertz CT molecular complexity index is 561. The maximum Gasteiger partial charge on any atom is 0.339 e. The molecule has 2 rings (SSSR count). The van der Waals surface area contributed by atoms with E-state index in [4.69, 9.17) is 9.84 Å². The molecule has 0 bridgehead atoms. The van der Waals surface area contributed by atoms with Gasteiger partial charge in [0.1, 0.15) is 11.3 Å². The molecule has 1 aromatic carbocycles. The molecule has 0 fully saturated rings. The van der Waals surface area contributed by atoms with Gasteiger partial charge in [0.05, 0.1) is 19.0 Å². The smallest absolute Gasteiger partial charge is 0.339 e. The lowest BCUT2D eigenvalue weighted by Crippen LogP contribution is -1.97. The third-order valence-electron chi connectivity index (χ3n) is 2.57. The number of nitrogens with zero attached hydrogens (tertiary/aromatic N) is 1. The number of aromatic nitrogens is 2. The fourth-order valence-electron chi connectivity index (χ4n) is 1.64. The summed E-state index contributed by atoms with van der Waals surface area (Å²) in [4.78, 5) is 11.0. The van der Waals surface area contributed by atoms with Crippen LogP contribution in [0.4, 0.5) is 0 Å². The Morgan fingerprint density at radius 1 is 1.47 bits per heavy atom. The highest BCUT2D eigenvalue weighted by Crippen LogP contribution is 2.27. The molecule has 5 nitrogen and oxygen atoms in total. The molecule has 2 N–H and O–H groups in total. The van der Waals surface area contributed by atoms with E-state index in [9.17, 15) is 4.79 Å². The largest absolute Gasteiger partial charge is 0.496 e. The molecule has 0 radical (unpaired) electrons. The van der Waals surface area contributed by atoms with E-state index in [1.807, 2.05) is 19.1 Å². The number of carbonyl (C=O) groups is 1. The van der Waals surface area contributed by atoms with Crippen molar-refractivity contribution in [3.63, 3.8) is 0 Å². The first kappa shape index (κ1) is 11.2. The quantitative estimate of drug-likeness (QED) is 0.849. The summed E-state index contributed by atoms with van der Waals surface area (Å²) in [7, 11) is 1.58. The summed E-state index contributed by atoms with van der Waals surface area (Å²) in [6, 6.07) is 5.49. The van der Waals surface area contributed by atoms with Crippen LogP contribution in [-0.2, 0) is 0 Å². The monoisotopic (exact) mass is 232 g/mol. The number of hydrogen-bond acceptors (Lipinski definition) is 3. The van der Waals surface area contributed by atoms with Crippen LogP contribution in [0.3, 0.4) is 0 Å². The first-order valence-corrected chi connectivity index (χ1v) is 5.05. The van der Waals surface area contributed by atoms with Gasteiger partial charge in [-0.3, -0.25) is 5.10 Å². The molecule has 0 aliphatic rings. The molecular formula is C12H12N2O3. The highest BCUT2D eigenvalue weighted by molar-refractivity contribution is 5.94. The van der Waals surface area contributed by atoms with E-state index in [2.05, 4.69) is 10.2 Å². The van der Waals surface area contributed by atoms with E-state index in [0.717, 1.165) is 11.1 Å². The van der Waals surface area contributed by atoms with Gasteiger partial charge in [-0.05, 0) is 18.6 Å². The standard InChI is InChI=1S/C12H12N2O3/c1-7-3-4-8(5-10(7)17-2)11-9(12(15)16)6-13-14-11/h3-6H,1-2H3,(H,13,14)(H,15,16). The Kier molecular flexibility index (Phi) is 2.82. The van der Waals surface area contributed by atoms with Gasteiger partial charge in [0.15, 0.2) is 0 Å². The molecule has 1 aromatic heterocycles. The molecule has 0 saturated carbocycles. The number of aromatic carboxylic acids is 1. The van der Waals surface area contributed by atoms with Gasteiger partial charge in [0, 0.05) is 5.56 Å². The molecule has 2 aromatic rings. The van der Waals surface area contributed by atoms with Crippen LogP contribution in [0.25, 0.3) is 11.3 Å². The second kappa shape index (κ2) is 4.29. The number of rotatable bonds is 3. The minimum Gasteiger partial charge on any atom is -0.496 e. The molecule has 88 valence electrons. The second-order valence-corrected chi connectivity index (χ2v) is 3.65. The lowest BCUT2D eigenvalue weighted by atomic mass is 10.1. The van der Waals surface area contributed by atoms with E-state index in [1.54, 1.807) is 13.2 Å². The van der Waals surface area contributed by atoms with Gasteiger partial charge in [-0.25, -0.2) is 4.79 Å². The highest BCUT2D eigenvalue weighted by Gasteiger charge is 2.14. The zero-order valence-corrected chi connectivity index (χ0v) is 9.52. The SMILES string of the molecule is COc1cc(-c2[nH]ncc2C(=O)O)ccc1C. The van der Waals surface area contributed by atoms with Gasteiger partial charge in [0.2, 0.25) is 0 Å². The van der Waals surface area contributed by atoms with Gasteiger partial charge in [-0.2, -0.15) is 5.10 Å². The zero-order valence-electron chi connectivity index (χ0n) is 9.52. The number of aromatic amines is 1. The predicted octanol–water partition coefficient (Wildman–Crippen LogP) is 2.09. The Morgan fingerprint density at radius 2 is 2.24 bits per heavy atom. The minimum atomic E-state index is -1.01. The number of methoxy groups -OCH3 is 1. The topological polar surface area (TPSA) is 75.2 Å². The normalized spacial score (nSPS) is 10.2. The molecule has 17 heavy (non-hydrogen) atoms. The van der Waals surface area contributed by atoms with E-state index in [0.29, 0.717) is 11.4 Å². The summed E-state index contributed by atoms with van der Waals surface area (Å²) < 4.78 is 5.20. The van der Waals surface area contributed by atoms with E-state index >= 15 is 0 Å². The van der Waals surface area contributed by atoms with Crippen LogP contribution in [0.15, 0.2) is 24.4 Å². The van der Waals surface area contributed by atoms with Crippen molar-refractivity contribution in [3.05, 3.63) is 35.5 Å². The summed E-state index contributed by atoms with van der Waals surface area (Å²) in [5.41, 5.74) is 2.36. The molecule has 0 atom stereocenters. The molecule has 5 heteroatoms. The van der Waals surface area contributed by atoms with Crippen LogP contribution in [0, 0.1) is 6.92 Å². The Labute approximate surface area is 98.0 Å². The average Bonchev–Trinajstić information content (AvgIpc) is 2.78. The van der Waals surface area contributed by atoms with Crippen LogP contribution in [-0.4, -0.2) is 28.4 Å². The van der Waals surface area contributed by atoms with Crippen molar-refractivity contribution >= 4 is 5.97 Å². The molecule has 0 amide bonds. The minimum absolute atomic E-state index is 0.149. The number of H-pyrrole nitrogens is 1. The van der Waals surface area contributed by atoms with Gasteiger partial charge in [-0.1, -0.05) is 12.1 Å². The van der Waals surface area contributed by atoms with Crippen LogP contribution < -0.4 is 4.74 Å². The second-order valence-electron chi connectivity index (χ2n) is 3.65. The number of benzene rings is 1. The fraction of sp³-hybridized carbons (Fsp3) is 0.167. The van der Waals surface area contributed by atoms with Crippen LogP contribution in [0.2, 0.25) is 0 Å². The van der Waals surface area contributed by atoms with E-state index in [1.165, 1.54) is 6.20 Å². The first-order valence-electron chi connectivity index (χ1n) is 5.05. The van der Waals surface area contributed by atoms with E-state index < -0.39 is 5.97 Å². The number of hydrogen-bond donors (Lipinski definition) is 2. The molecule has 0 aliphatic heterocycles. The number of nitrogens with one attached hydrogen (secondary N) is 1. The summed E-state index contributed by atoms with van der Waals surface area (Å²) in [5.74, 6) is -0.290. The number of carboxylic acid groups (broad SMARTS) is 1. The van der Waals surface area contributed by atoms with Gasteiger partial charge < -0.3 is 9.84 Å². The fourth-order valence-corrected chi connectivity index (χ4v) is 1.64. The van der Waals surface area contributed by atoms with Crippen molar-refractivity contribution in [2.45, 2.75) is 6.92 Å². The maximum atomic E-state index is 11.0. The van der Waals surface area contributed by atoms with Crippen molar-refractivity contribution in [1.29, 1.82) is 0 Å². The van der Waals surface area contributed by atoms with Crippen molar-refractivity contribution in [1.82, 2.24) is 10.2 Å². The first-order chi connectivity index (χ1) is 8.13. The van der Waals surface area contributed by atoms with Crippen molar-refractivity contribution in [3.8, 4) is 17.0 Å². The molecule has 0 unspecified atom stereocenters. The van der Waals surface area contributed by atoms with E-state index in [-0.39, 0.29) is 5.56 Å². The Balaban J connectivity index is 2.53. The molecule has 1 heterocycles. The predicted molar refractivity (Wildman–Crippen MR) is 62.3 cm³/mol. The summed E-state index contributed by atoms with van der Waals surface area (Å²) in [5, 5.41) is 15.4. The van der Waals surface area contributed by atoms with Gasteiger partial charge in [-0.15, -0.1) is 0 Å². The number of ether oxygens (including phenoxy) is 1. The lowest BCUT2D eigenvalue weighted by Gasteiger charge is -2.07. The Morgan fingerprint density at radius 3 is 2.88 bits per heavy atom. The van der Waals surface area contributed by atoms with Crippen molar-refractivity contribution in [2.24, 2.45) is 0 Å². The highest BCUT2D eigenvalue weighted by atomic mass is 16.5. The maximum absolute atomic E-state index is 11.0. The molecular weight excluding hydrogens is 220 g/mol. The molecule has 0 saturated heterocycles. The summed E-state index contributed by atoms with van der Waals surface area (Å²) in [6.45, 7) is 1.92. The zero-order chi connectivity index (χ0) is 12.4. The van der Waals surface area contributed by atoms with Crippen LogP contribution in [0.5, 0.6) is 5.75 Å². The van der Waals surface area contributed by atoms with Gasteiger partial charge >= 0.3 is 5.97 Å². The number of aryl methyl sites for hydroxylation is 1. The molecule has 0 aliphatic carbocycles. The Hall–Kier alpha value is -2.30. The summed E-state index contributed by atoms with van der Waals surface area (Å²) in [6.07, 6.45) is 1.30. The van der Waals surface area contributed by atoms with Crippen molar-refractivity contribution < 1.29 is 14.6 Å².